The molecule has 0 fully saturated rings. The van der Waals surface area contributed by atoms with Crippen molar-refractivity contribution < 1.29 is 14.3 Å². The average Bonchev–Trinajstić information content (AvgIpc) is 2.40. The standard InChI is InChI=1S/C14H13ClO3/c1-2-18-14-11(7-8-15)12(16)9-5-3-4-6-10(9)13(14)17/h3-6H,2,7-8H2,1H3. The highest BCUT2D eigenvalue weighted by Gasteiger charge is 2.32. The molecule has 0 amide bonds. The molecule has 1 aliphatic carbocycles. The number of rotatable bonds is 4. The number of fused-ring (bicyclic) bond motifs is 1. The zero-order chi connectivity index (χ0) is 13.1. The molecule has 94 valence electrons. The minimum atomic E-state index is -0.229. The molecule has 0 spiro atoms. The molecule has 3 nitrogen and oxygen atoms in total. The van der Waals surface area contributed by atoms with Crippen LogP contribution < -0.4 is 0 Å². The van der Waals surface area contributed by atoms with Crippen molar-refractivity contribution in [2.75, 3.05) is 12.5 Å². The summed E-state index contributed by atoms with van der Waals surface area (Å²) in [5.41, 5.74) is 1.23. The summed E-state index contributed by atoms with van der Waals surface area (Å²) in [7, 11) is 0. The fourth-order valence-electron chi connectivity index (χ4n) is 2.02. The van der Waals surface area contributed by atoms with Gasteiger partial charge in [0.1, 0.15) is 0 Å². The number of benzene rings is 1. The molecule has 1 aromatic carbocycles. The SMILES string of the molecule is CCOC1=C(CCCl)C(=O)c2ccccc2C1=O. The molecule has 0 atom stereocenters. The zero-order valence-corrected chi connectivity index (χ0v) is 10.8. The lowest BCUT2D eigenvalue weighted by Gasteiger charge is -2.20. The van der Waals surface area contributed by atoms with E-state index in [-0.39, 0.29) is 23.2 Å². The lowest BCUT2D eigenvalue weighted by atomic mass is 9.87. The Kier molecular flexibility index (Phi) is 3.82. The first kappa shape index (κ1) is 12.8. The second-order valence-electron chi connectivity index (χ2n) is 3.88. The van der Waals surface area contributed by atoms with Gasteiger partial charge >= 0.3 is 0 Å². The lowest BCUT2D eigenvalue weighted by molar-refractivity contribution is 0.0878. The van der Waals surface area contributed by atoms with Gasteiger partial charge in [0, 0.05) is 22.6 Å². The van der Waals surface area contributed by atoms with E-state index in [1.54, 1.807) is 31.2 Å². The summed E-state index contributed by atoms with van der Waals surface area (Å²) in [5, 5.41) is 0. The van der Waals surface area contributed by atoms with E-state index in [1.807, 2.05) is 0 Å². The molecule has 0 unspecified atom stereocenters. The van der Waals surface area contributed by atoms with Gasteiger partial charge in [0.05, 0.1) is 6.61 Å². The van der Waals surface area contributed by atoms with Crippen LogP contribution in [-0.4, -0.2) is 24.1 Å². The van der Waals surface area contributed by atoms with Crippen molar-refractivity contribution in [3.05, 3.63) is 46.7 Å². The molecule has 1 aromatic rings. The molecule has 0 aromatic heterocycles. The maximum absolute atomic E-state index is 12.3. The van der Waals surface area contributed by atoms with Crippen molar-refractivity contribution >= 4 is 23.2 Å². The van der Waals surface area contributed by atoms with E-state index in [2.05, 4.69) is 0 Å². The van der Waals surface area contributed by atoms with Gasteiger partial charge in [-0.25, -0.2) is 0 Å². The first-order valence-corrected chi connectivity index (χ1v) is 6.34. The summed E-state index contributed by atoms with van der Waals surface area (Å²) >= 11 is 5.69. The van der Waals surface area contributed by atoms with Gasteiger partial charge in [-0.3, -0.25) is 9.59 Å². The number of carbonyl (C=O) groups excluding carboxylic acids is 2. The number of allylic oxidation sites excluding steroid dienone is 2. The normalized spacial score (nSPS) is 14.8. The third-order valence-electron chi connectivity index (χ3n) is 2.80. The Morgan fingerprint density at radius 2 is 1.72 bits per heavy atom. The molecular formula is C14H13ClO3. The zero-order valence-electron chi connectivity index (χ0n) is 10.0. The van der Waals surface area contributed by atoms with Gasteiger partial charge in [0.15, 0.2) is 11.5 Å². The van der Waals surface area contributed by atoms with Gasteiger partial charge in [-0.05, 0) is 13.3 Å². The average molecular weight is 265 g/mol. The van der Waals surface area contributed by atoms with Gasteiger partial charge in [-0.1, -0.05) is 24.3 Å². The summed E-state index contributed by atoms with van der Waals surface area (Å²) in [5.74, 6) is 0.0518. The minimum absolute atomic E-state index is 0.154. The topological polar surface area (TPSA) is 43.4 Å². The van der Waals surface area contributed by atoms with Crippen LogP contribution in [0, 0.1) is 0 Å². The smallest absolute Gasteiger partial charge is 0.228 e. The summed E-state index contributed by atoms with van der Waals surface area (Å²) in [6.45, 7) is 2.13. The summed E-state index contributed by atoms with van der Waals surface area (Å²) in [6, 6.07) is 6.78. The van der Waals surface area contributed by atoms with Crippen LogP contribution in [0.3, 0.4) is 0 Å². The molecule has 0 saturated carbocycles. The molecule has 0 aliphatic heterocycles. The van der Waals surface area contributed by atoms with Crippen molar-refractivity contribution in [2.45, 2.75) is 13.3 Å². The quantitative estimate of drug-likeness (QED) is 0.785. The third kappa shape index (κ3) is 2.06. The second-order valence-corrected chi connectivity index (χ2v) is 4.26. The molecule has 1 aliphatic rings. The van der Waals surface area contributed by atoms with E-state index in [0.717, 1.165) is 0 Å². The number of hydrogen-bond donors (Lipinski definition) is 0. The van der Waals surface area contributed by atoms with E-state index in [0.29, 0.717) is 29.7 Å². The molecule has 0 heterocycles. The predicted octanol–water partition coefficient (Wildman–Crippen LogP) is 2.99. The van der Waals surface area contributed by atoms with Crippen molar-refractivity contribution in [1.82, 2.24) is 0 Å². The van der Waals surface area contributed by atoms with Crippen LogP contribution in [0.5, 0.6) is 0 Å². The molecular weight excluding hydrogens is 252 g/mol. The van der Waals surface area contributed by atoms with Crippen LogP contribution in [0.1, 0.15) is 34.1 Å². The third-order valence-corrected chi connectivity index (χ3v) is 2.99. The molecule has 0 bridgehead atoms. The molecule has 4 heteroatoms. The Labute approximate surface area is 110 Å². The van der Waals surface area contributed by atoms with Crippen molar-refractivity contribution in [2.24, 2.45) is 0 Å². The van der Waals surface area contributed by atoms with Crippen LogP contribution in [0.4, 0.5) is 0 Å². The Hall–Kier alpha value is -1.61. The van der Waals surface area contributed by atoms with E-state index in [9.17, 15) is 9.59 Å². The van der Waals surface area contributed by atoms with Gasteiger partial charge in [-0.2, -0.15) is 0 Å². The number of halogens is 1. The first-order chi connectivity index (χ1) is 8.70. The summed E-state index contributed by atoms with van der Waals surface area (Å²) < 4.78 is 5.34. The molecule has 0 N–H and O–H groups in total. The summed E-state index contributed by atoms with van der Waals surface area (Å²) in [6.07, 6.45) is 0.343. The highest BCUT2D eigenvalue weighted by molar-refractivity contribution is 6.26. The van der Waals surface area contributed by atoms with E-state index in [1.165, 1.54) is 0 Å². The van der Waals surface area contributed by atoms with E-state index >= 15 is 0 Å². The van der Waals surface area contributed by atoms with Crippen molar-refractivity contribution in [3.63, 3.8) is 0 Å². The van der Waals surface area contributed by atoms with E-state index < -0.39 is 0 Å². The monoisotopic (exact) mass is 264 g/mol. The highest BCUT2D eigenvalue weighted by atomic mass is 35.5. The maximum atomic E-state index is 12.3. The van der Waals surface area contributed by atoms with Crippen LogP contribution in [0.2, 0.25) is 0 Å². The Morgan fingerprint density at radius 3 is 2.28 bits per heavy atom. The Balaban J connectivity index is 2.56. The van der Waals surface area contributed by atoms with Gasteiger partial charge < -0.3 is 4.74 Å². The first-order valence-electron chi connectivity index (χ1n) is 5.81. The number of alkyl halides is 1. The Bertz CT molecular complexity index is 485. The highest BCUT2D eigenvalue weighted by Crippen LogP contribution is 2.28. The number of Topliss-reactive ketones (excluding diaryl/α,β-unsaturated/α-hetero) is 2. The van der Waals surface area contributed by atoms with Gasteiger partial charge in [0.25, 0.3) is 0 Å². The Morgan fingerprint density at radius 1 is 1.11 bits per heavy atom. The molecule has 18 heavy (non-hydrogen) atoms. The fourth-order valence-corrected chi connectivity index (χ4v) is 2.21. The van der Waals surface area contributed by atoms with Crippen LogP contribution >= 0.6 is 11.6 Å². The van der Waals surface area contributed by atoms with Crippen molar-refractivity contribution in [1.29, 1.82) is 0 Å². The maximum Gasteiger partial charge on any atom is 0.228 e. The summed E-state index contributed by atoms with van der Waals surface area (Å²) in [4.78, 5) is 24.5. The van der Waals surface area contributed by atoms with Gasteiger partial charge in [0.2, 0.25) is 5.78 Å². The number of ether oxygens (including phenoxy) is 1. The van der Waals surface area contributed by atoms with Crippen molar-refractivity contribution in [3.8, 4) is 0 Å². The largest absolute Gasteiger partial charge is 0.489 e. The number of carbonyl (C=O) groups is 2. The van der Waals surface area contributed by atoms with Crippen LogP contribution in [-0.2, 0) is 4.74 Å². The van der Waals surface area contributed by atoms with E-state index in [4.69, 9.17) is 16.3 Å². The minimum Gasteiger partial charge on any atom is -0.489 e. The molecule has 0 saturated heterocycles. The number of hydrogen-bond acceptors (Lipinski definition) is 3. The predicted molar refractivity (Wildman–Crippen MR) is 69.1 cm³/mol. The molecule has 2 rings (SSSR count). The van der Waals surface area contributed by atoms with Crippen LogP contribution in [0.15, 0.2) is 35.6 Å². The number of ketones is 2. The molecule has 0 radical (unpaired) electrons. The fraction of sp³-hybridized carbons (Fsp3) is 0.286. The van der Waals surface area contributed by atoms with Gasteiger partial charge in [-0.15, -0.1) is 11.6 Å². The lowest BCUT2D eigenvalue weighted by Crippen LogP contribution is -2.24. The second kappa shape index (κ2) is 5.36. The van der Waals surface area contributed by atoms with Crippen LogP contribution in [0.25, 0.3) is 0 Å².